The van der Waals surface area contributed by atoms with Gasteiger partial charge in [0.2, 0.25) is 0 Å². The quantitative estimate of drug-likeness (QED) is 0.535. The molecule has 1 saturated heterocycles. The van der Waals surface area contributed by atoms with Crippen LogP contribution in [0.5, 0.6) is 0 Å². The molecule has 1 N–H and O–H groups in total. The van der Waals surface area contributed by atoms with Gasteiger partial charge >= 0.3 is 0 Å². The number of rotatable bonds is 0. The van der Waals surface area contributed by atoms with Crippen LogP contribution in [-0.4, -0.2) is 37.1 Å². The second kappa shape index (κ2) is 2.89. The standard InChI is InChI=1S/C8H18N2/c1-8(2)4-5-9-6-7-10(8)3/h9H,4-7H2,1-3H3. The molecule has 0 atom stereocenters. The van der Waals surface area contributed by atoms with Gasteiger partial charge in [-0.3, -0.25) is 4.90 Å². The Labute approximate surface area is 63.6 Å². The molecule has 2 nitrogen and oxygen atoms in total. The summed E-state index contributed by atoms with van der Waals surface area (Å²) in [5.41, 5.74) is 0.392. The summed E-state index contributed by atoms with van der Waals surface area (Å²) in [6, 6.07) is 0. The molecule has 0 saturated carbocycles. The minimum absolute atomic E-state index is 0.392. The number of nitrogens with one attached hydrogen (secondary N) is 1. The summed E-state index contributed by atoms with van der Waals surface area (Å²) in [5.74, 6) is 0. The lowest BCUT2D eigenvalue weighted by molar-refractivity contribution is 0.166. The molecule has 1 aliphatic rings. The molecule has 0 radical (unpaired) electrons. The van der Waals surface area contributed by atoms with E-state index in [0.717, 1.165) is 13.1 Å². The van der Waals surface area contributed by atoms with Gasteiger partial charge in [-0.2, -0.15) is 0 Å². The first-order valence-electron chi connectivity index (χ1n) is 4.05. The molecule has 10 heavy (non-hydrogen) atoms. The van der Waals surface area contributed by atoms with Gasteiger partial charge in [-0.25, -0.2) is 0 Å². The van der Waals surface area contributed by atoms with E-state index in [1.165, 1.54) is 13.0 Å². The minimum atomic E-state index is 0.392. The summed E-state index contributed by atoms with van der Waals surface area (Å²) >= 11 is 0. The van der Waals surface area contributed by atoms with Crippen LogP contribution in [-0.2, 0) is 0 Å². The second-order valence-corrected chi connectivity index (χ2v) is 3.73. The van der Waals surface area contributed by atoms with Gasteiger partial charge in [-0.1, -0.05) is 0 Å². The van der Waals surface area contributed by atoms with E-state index < -0.39 is 0 Å². The molecule has 0 unspecified atom stereocenters. The van der Waals surface area contributed by atoms with E-state index >= 15 is 0 Å². The largest absolute Gasteiger partial charge is 0.315 e. The first-order valence-corrected chi connectivity index (χ1v) is 4.05. The van der Waals surface area contributed by atoms with Crippen LogP contribution < -0.4 is 5.32 Å². The summed E-state index contributed by atoms with van der Waals surface area (Å²) in [6.45, 7) is 8.09. The fourth-order valence-corrected chi connectivity index (χ4v) is 1.26. The smallest absolute Gasteiger partial charge is 0.0162 e. The van der Waals surface area contributed by atoms with Gasteiger partial charge in [-0.15, -0.1) is 0 Å². The lowest BCUT2D eigenvalue weighted by Gasteiger charge is -2.33. The molecule has 1 fully saturated rings. The maximum Gasteiger partial charge on any atom is 0.0162 e. The van der Waals surface area contributed by atoms with E-state index in [1.54, 1.807) is 0 Å². The van der Waals surface area contributed by atoms with Crippen molar-refractivity contribution in [2.75, 3.05) is 26.7 Å². The van der Waals surface area contributed by atoms with E-state index in [1.807, 2.05) is 0 Å². The predicted octanol–water partition coefficient (Wildman–Crippen LogP) is 0.690. The molecule has 0 aliphatic carbocycles. The molecule has 1 heterocycles. The van der Waals surface area contributed by atoms with E-state index in [0.29, 0.717) is 5.54 Å². The summed E-state index contributed by atoms with van der Waals surface area (Å²) in [7, 11) is 2.20. The average molecular weight is 142 g/mol. The van der Waals surface area contributed by atoms with Crippen molar-refractivity contribution in [2.45, 2.75) is 25.8 Å². The van der Waals surface area contributed by atoms with Gasteiger partial charge in [0.25, 0.3) is 0 Å². The van der Waals surface area contributed by atoms with Crippen LogP contribution in [0.4, 0.5) is 0 Å². The van der Waals surface area contributed by atoms with Crippen molar-refractivity contribution in [3.8, 4) is 0 Å². The van der Waals surface area contributed by atoms with E-state index in [9.17, 15) is 0 Å². The van der Waals surface area contributed by atoms with E-state index in [-0.39, 0.29) is 0 Å². The summed E-state index contributed by atoms with van der Waals surface area (Å²) in [4.78, 5) is 2.42. The third-order valence-electron chi connectivity index (χ3n) is 2.57. The van der Waals surface area contributed by atoms with Crippen molar-refractivity contribution in [1.29, 1.82) is 0 Å². The SMILES string of the molecule is CN1CCNCCC1(C)C. The first-order chi connectivity index (χ1) is 4.63. The molecule has 0 aromatic rings. The molecule has 0 aromatic carbocycles. The van der Waals surface area contributed by atoms with Crippen molar-refractivity contribution in [3.05, 3.63) is 0 Å². The summed E-state index contributed by atoms with van der Waals surface area (Å²) in [5, 5.41) is 3.39. The van der Waals surface area contributed by atoms with Crippen molar-refractivity contribution >= 4 is 0 Å². The Kier molecular flexibility index (Phi) is 2.32. The normalized spacial score (nSPS) is 27.9. The Morgan fingerprint density at radius 2 is 2.00 bits per heavy atom. The Morgan fingerprint density at radius 3 is 2.70 bits per heavy atom. The molecule has 0 spiro atoms. The van der Waals surface area contributed by atoms with Crippen LogP contribution >= 0.6 is 0 Å². The Bertz CT molecular complexity index is 110. The van der Waals surface area contributed by atoms with Crippen molar-refractivity contribution in [3.63, 3.8) is 0 Å². The van der Waals surface area contributed by atoms with Crippen molar-refractivity contribution in [1.82, 2.24) is 10.2 Å². The topological polar surface area (TPSA) is 15.3 Å². The van der Waals surface area contributed by atoms with Crippen LogP contribution in [0.15, 0.2) is 0 Å². The number of nitrogens with zero attached hydrogens (tertiary/aromatic N) is 1. The van der Waals surface area contributed by atoms with Crippen LogP contribution in [0, 0.1) is 0 Å². The van der Waals surface area contributed by atoms with Crippen molar-refractivity contribution in [2.24, 2.45) is 0 Å². The maximum atomic E-state index is 3.39. The average Bonchev–Trinajstić information content (AvgIpc) is 1.96. The van der Waals surface area contributed by atoms with Gasteiger partial charge in [-0.05, 0) is 33.9 Å². The molecular weight excluding hydrogens is 124 g/mol. The van der Waals surface area contributed by atoms with Gasteiger partial charge in [0, 0.05) is 18.6 Å². The van der Waals surface area contributed by atoms with E-state index in [2.05, 4.69) is 31.1 Å². The Morgan fingerprint density at radius 1 is 1.30 bits per heavy atom. The number of hydrogen-bond donors (Lipinski definition) is 1. The Balaban J connectivity index is 2.52. The highest BCUT2D eigenvalue weighted by atomic mass is 15.2. The van der Waals surface area contributed by atoms with Crippen LogP contribution in [0.1, 0.15) is 20.3 Å². The fraction of sp³-hybridized carbons (Fsp3) is 1.00. The highest BCUT2D eigenvalue weighted by Crippen LogP contribution is 2.16. The zero-order valence-corrected chi connectivity index (χ0v) is 7.28. The molecule has 1 aliphatic heterocycles. The molecule has 0 bridgehead atoms. The molecule has 1 rings (SSSR count). The second-order valence-electron chi connectivity index (χ2n) is 3.73. The van der Waals surface area contributed by atoms with Crippen LogP contribution in [0.2, 0.25) is 0 Å². The van der Waals surface area contributed by atoms with Gasteiger partial charge < -0.3 is 5.32 Å². The zero-order chi connectivity index (χ0) is 7.61. The van der Waals surface area contributed by atoms with Gasteiger partial charge in [0.05, 0.1) is 0 Å². The lowest BCUT2D eigenvalue weighted by Crippen LogP contribution is -2.41. The van der Waals surface area contributed by atoms with Gasteiger partial charge in [0.1, 0.15) is 0 Å². The van der Waals surface area contributed by atoms with Crippen LogP contribution in [0.3, 0.4) is 0 Å². The predicted molar refractivity (Wildman–Crippen MR) is 44.2 cm³/mol. The highest BCUT2D eigenvalue weighted by Gasteiger charge is 2.24. The van der Waals surface area contributed by atoms with E-state index in [4.69, 9.17) is 0 Å². The minimum Gasteiger partial charge on any atom is -0.315 e. The third kappa shape index (κ3) is 1.70. The fourth-order valence-electron chi connectivity index (χ4n) is 1.26. The Hall–Kier alpha value is -0.0800. The summed E-state index contributed by atoms with van der Waals surface area (Å²) < 4.78 is 0. The van der Waals surface area contributed by atoms with Crippen LogP contribution in [0.25, 0.3) is 0 Å². The monoisotopic (exact) mass is 142 g/mol. The molecule has 60 valence electrons. The third-order valence-corrected chi connectivity index (χ3v) is 2.57. The molecule has 0 aromatic heterocycles. The molecular formula is C8H18N2. The lowest BCUT2D eigenvalue weighted by atomic mass is 10.00. The first kappa shape index (κ1) is 8.02. The highest BCUT2D eigenvalue weighted by molar-refractivity contribution is 4.82. The number of hydrogen-bond acceptors (Lipinski definition) is 2. The zero-order valence-electron chi connectivity index (χ0n) is 7.28. The van der Waals surface area contributed by atoms with Gasteiger partial charge in [0.15, 0.2) is 0 Å². The maximum absolute atomic E-state index is 3.39. The summed E-state index contributed by atoms with van der Waals surface area (Å²) in [6.07, 6.45) is 1.25. The van der Waals surface area contributed by atoms with Crippen molar-refractivity contribution < 1.29 is 0 Å². The molecule has 2 heteroatoms. The number of likely N-dealkylation sites (N-methyl/N-ethyl adjacent to an activating group) is 1. The molecule has 0 amide bonds.